The predicted molar refractivity (Wildman–Crippen MR) is 65.3 cm³/mol. The van der Waals surface area contributed by atoms with Crippen molar-refractivity contribution in [2.24, 2.45) is 7.05 Å². The average Bonchev–Trinajstić information content (AvgIpc) is 2.55. The van der Waals surface area contributed by atoms with Crippen molar-refractivity contribution in [1.29, 1.82) is 0 Å². The Morgan fingerprint density at radius 1 is 1.69 bits per heavy atom. The first-order valence-electron chi connectivity index (χ1n) is 4.94. The molecular weight excluding hydrogens is 250 g/mol. The number of hydrogen-bond donors (Lipinski definition) is 0. The number of alkyl halides is 1. The van der Waals surface area contributed by atoms with Gasteiger partial charge in [0.1, 0.15) is 5.69 Å². The van der Waals surface area contributed by atoms with Crippen LogP contribution in [0.1, 0.15) is 19.5 Å². The van der Waals surface area contributed by atoms with Gasteiger partial charge in [-0.05, 0) is 6.42 Å². The van der Waals surface area contributed by atoms with Crippen molar-refractivity contribution in [3.8, 4) is 0 Å². The van der Waals surface area contributed by atoms with Crippen LogP contribution in [0.25, 0.3) is 0 Å². The Labute approximate surface area is 103 Å². The fraction of sp³-hybridized carbons (Fsp3) is 0.667. The van der Waals surface area contributed by atoms with E-state index in [9.17, 15) is 10.1 Å². The molecule has 0 aliphatic carbocycles. The maximum atomic E-state index is 11.0. The minimum absolute atomic E-state index is 0.118. The van der Waals surface area contributed by atoms with Crippen LogP contribution in [0.2, 0.25) is 0 Å². The lowest BCUT2D eigenvalue weighted by molar-refractivity contribution is -0.388. The molecule has 0 fully saturated rings. The highest BCUT2D eigenvalue weighted by Crippen LogP contribution is 2.34. The minimum Gasteiger partial charge on any atom is -0.258 e. The molecule has 16 heavy (non-hydrogen) atoms. The molecule has 0 radical (unpaired) electrons. The second kappa shape index (κ2) is 5.54. The van der Waals surface area contributed by atoms with E-state index in [0.29, 0.717) is 23.0 Å². The van der Waals surface area contributed by atoms with Crippen molar-refractivity contribution < 1.29 is 4.92 Å². The fourth-order valence-corrected chi connectivity index (χ4v) is 2.46. The van der Waals surface area contributed by atoms with Crippen molar-refractivity contribution in [1.82, 2.24) is 9.78 Å². The van der Waals surface area contributed by atoms with Crippen LogP contribution in [0.5, 0.6) is 0 Å². The first-order chi connectivity index (χ1) is 7.51. The second-order valence-corrected chi connectivity index (χ2v) is 5.15. The summed E-state index contributed by atoms with van der Waals surface area (Å²) in [7, 11) is 1.72. The number of nitro groups is 1. The lowest BCUT2D eigenvalue weighted by Gasteiger charge is -2.06. The third-order valence-electron chi connectivity index (χ3n) is 2.09. The van der Waals surface area contributed by atoms with Gasteiger partial charge in [0, 0.05) is 18.2 Å². The summed E-state index contributed by atoms with van der Waals surface area (Å²) in [5, 5.41) is 15.8. The van der Waals surface area contributed by atoms with Gasteiger partial charge in [-0.2, -0.15) is 5.10 Å². The van der Waals surface area contributed by atoms with Crippen LogP contribution in [0.15, 0.2) is 5.03 Å². The third-order valence-corrected chi connectivity index (χ3v) is 3.98. The van der Waals surface area contributed by atoms with Crippen LogP contribution in [0.3, 0.4) is 0 Å². The van der Waals surface area contributed by atoms with E-state index in [0.717, 1.165) is 0 Å². The van der Waals surface area contributed by atoms with Gasteiger partial charge in [0.05, 0.1) is 4.92 Å². The van der Waals surface area contributed by atoms with E-state index in [1.54, 1.807) is 11.7 Å². The zero-order valence-corrected chi connectivity index (χ0v) is 11.0. The summed E-state index contributed by atoms with van der Waals surface area (Å²) in [5.41, 5.74) is 0.642. The highest BCUT2D eigenvalue weighted by atomic mass is 35.5. The Bertz CT molecular complexity index is 394. The monoisotopic (exact) mass is 263 g/mol. The fourth-order valence-electron chi connectivity index (χ4n) is 1.33. The number of nitrogens with zero attached hydrogens (tertiary/aromatic N) is 3. The number of rotatable bonds is 5. The molecule has 1 heterocycles. The Hall–Kier alpha value is -0.750. The van der Waals surface area contributed by atoms with E-state index in [1.807, 2.05) is 13.8 Å². The molecule has 0 spiro atoms. The van der Waals surface area contributed by atoms with Gasteiger partial charge in [0.2, 0.25) is 0 Å². The number of thioether (sulfide) groups is 1. The molecule has 0 aromatic carbocycles. The number of hydrogen-bond acceptors (Lipinski definition) is 4. The molecule has 0 aliphatic heterocycles. The molecule has 7 heteroatoms. The maximum absolute atomic E-state index is 11.0. The Balaban J connectivity index is 3.15. The van der Waals surface area contributed by atoms with E-state index >= 15 is 0 Å². The summed E-state index contributed by atoms with van der Waals surface area (Å²) >= 11 is 7.09. The van der Waals surface area contributed by atoms with E-state index in [4.69, 9.17) is 11.6 Å². The quantitative estimate of drug-likeness (QED) is 0.355. The largest absolute Gasteiger partial charge is 0.323 e. The van der Waals surface area contributed by atoms with Crippen LogP contribution < -0.4 is 0 Å². The molecule has 1 aromatic heterocycles. The lowest BCUT2D eigenvalue weighted by Crippen LogP contribution is -2.02. The van der Waals surface area contributed by atoms with Gasteiger partial charge in [-0.1, -0.05) is 25.6 Å². The van der Waals surface area contributed by atoms with Crippen molar-refractivity contribution in [3.63, 3.8) is 0 Å². The highest BCUT2D eigenvalue weighted by molar-refractivity contribution is 8.00. The molecule has 90 valence electrons. The summed E-state index contributed by atoms with van der Waals surface area (Å²) in [5.74, 6) is 0.453. The van der Waals surface area contributed by atoms with Gasteiger partial charge in [0.25, 0.3) is 0 Å². The van der Waals surface area contributed by atoms with E-state index in [2.05, 4.69) is 5.10 Å². The van der Waals surface area contributed by atoms with Gasteiger partial charge < -0.3 is 0 Å². The molecule has 0 saturated heterocycles. The van der Waals surface area contributed by atoms with Crippen molar-refractivity contribution in [2.75, 3.05) is 5.88 Å². The number of aromatic nitrogens is 2. The molecule has 1 rings (SSSR count). The van der Waals surface area contributed by atoms with Gasteiger partial charge in [-0.15, -0.1) is 11.6 Å². The Morgan fingerprint density at radius 2 is 2.31 bits per heavy atom. The highest BCUT2D eigenvalue weighted by Gasteiger charge is 2.26. The molecule has 0 amide bonds. The van der Waals surface area contributed by atoms with Gasteiger partial charge >= 0.3 is 5.69 Å². The van der Waals surface area contributed by atoms with Gasteiger partial charge in [0.15, 0.2) is 5.03 Å². The number of aryl methyl sites for hydroxylation is 2. The SMILES string of the molecule is CCc1nn(C)c(SC(C)CCl)c1[N+](=O)[O-]. The summed E-state index contributed by atoms with van der Waals surface area (Å²) < 4.78 is 1.56. The van der Waals surface area contributed by atoms with E-state index < -0.39 is 0 Å². The average molecular weight is 264 g/mol. The van der Waals surface area contributed by atoms with E-state index in [1.165, 1.54) is 11.8 Å². The van der Waals surface area contributed by atoms with Crippen molar-refractivity contribution >= 4 is 29.1 Å². The molecule has 0 N–H and O–H groups in total. The molecule has 5 nitrogen and oxygen atoms in total. The third kappa shape index (κ3) is 2.68. The zero-order valence-electron chi connectivity index (χ0n) is 9.44. The molecule has 0 aliphatic rings. The second-order valence-electron chi connectivity index (χ2n) is 3.42. The van der Waals surface area contributed by atoms with Crippen LogP contribution in [-0.2, 0) is 13.5 Å². The molecule has 1 atom stereocenters. The molecule has 0 bridgehead atoms. The van der Waals surface area contributed by atoms with Gasteiger partial charge in [-0.3, -0.25) is 14.8 Å². The first kappa shape index (κ1) is 13.3. The normalized spacial score (nSPS) is 12.8. The maximum Gasteiger partial charge on any atom is 0.323 e. The Kier molecular flexibility index (Phi) is 4.61. The summed E-state index contributed by atoms with van der Waals surface area (Å²) in [6.45, 7) is 3.79. The molecular formula is C9H14ClN3O2S. The van der Waals surface area contributed by atoms with Crippen LogP contribution >= 0.6 is 23.4 Å². The van der Waals surface area contributed by atoms with E-state index in [-0.39, 0.29) is 15.9 Å². The van der Waals surface area contributed by atoms with Crippen LogP contribution in [0.4, 0.5) is 5.69 Å². The predicted octanol–water partition coefficient (Wildman–Crippen LogP) is 2.61. The summed E-state index contributed by atoms with van der Waals surface area (Å²) in [4.78, 5) is 10.6. The molecule has 0 saturated carbocycles. The van der Waals surface area contributed by atoms with Crippen molar-refractivity contribution in [3.05, 3.63) is 15.8 Å². The lowest BCUT2D eigenvalue weighted by atomic mass is 10.3. The van der Waals surface area contributed by atoms with Crippen molar-refractivity contribution in [2.45, 2.75) is 30.5 Å². The first-order valence-corrected chi connectivity index (χ1v) is 6.35. The molecule has 1 unspecified atom stereocenters. The standard InChI is InChI=1S/C9H14ClN3O2S/c1-4-7-8(13(14)15)9(12(3)11-7)16-6(2)5-10/h6H,4-5H2,1-3H3. The zero-order chi connectivity index (χ0) is 12.3. The molecule has 1 aromatic rings. The van der Waals surface area contributed by atoms with Crippen LogP contribution in [0, 0.1) is 10.1 Å². The summed E-state index contributed by atoms with van der Waals surface area (Å²) in [6, 6.07) is 0. The summed E-state index contributed by atoms with van der Waals surface area (Å²) in [6.07, 6.45) is 0.556. The van der Waals surface area contributed by atoms with Gasteiger partial charge in [-0.25, -0.2) is 0 Å². The van der Waals surface area contributed by atoms with Crippen LogP contribution in [-0.4, -0.2) is 25.8 Å². The Morgan fingerprint density at radius 3 is 2.75 bits per heavy atom. The topological polar surface area (TPSA) is 61.0 Å². The smallest absolute Gasteiger partial charge is 0.258 e. The number of halogens is 1. The minimum atomic E-state index is -0.366.